The first-order chi connectivity index (χ1) is 18.8. The predicted octanol–water partition coefficient (Wildman–Crippen LogP) is 3.30. The van der Waals surface area contributed by atoms with Crippen molar-refractivity contribution in [2.24, 2.45) is 0 Å². The Morgan fingerprint density at radius 2 is 1.90 bits per heavy atom. The van der Waals surface area contributed by atoms with Gasteiger partial charge >= 0.3 is 0 Å². The van der Waals surface area contributed by atoms with Gasteiger partial charge in [0.15, 0.2) is 0 Å². The first-order valence-corrected chi connectivity index (χ1v) is 13.9. The summed E-state index contributed by atoms with van der Waals surface area (Å²) in [6.45, 7) is 2.60. The van der Waals surface area contributed by atoms with Gasteiger partial charge in [0, 0.05) is 40.7 Å². The van der Waals surface area contributed by atoms with Crippen molar-refractivity contribution in [2.75, 3.05) is 19.7 Å². The second-order valence-corrected chi connectivity index (χ2v) is 10.9. The van der Waals surface area contributed by atoms with Gasteiger partial charge in [-0.2, -0.15) is 0 Å². The lowest BCUT2D eigenvalue weighted by Crippen LogP contribution is -2.52. The number of nitrogens with zero attached hydrogens (tertiary/aromatic N) is 2. The van der Waals surface area contributed by atoms with Crippen LogP contribution in [-0.4, -0.2) is 65.2 Å². The number of amides is 4. The number of fused-ring (bicyclic) bond motifs is 1. The summed E-state index contributed by atoms with van der Waals surface area (Å²) in [5.74, 6) is -0.372. The van der Waals surface area contributed by atoms with Gasteiger partial charge in [-0.25, -0.2) is 0 Å². The second-order valence-electron chi connectivity index (χ2n) is 10.1. The molecule has 0 aliphatic carbocycles. The summed E-state index contributed by atoms with van der Waals surface area (Å²) in [5.41, 5.74) is 2.13. The van der Waals surface area contributed by atoms with Gasteiger partial charge in [-0.1, -0.05) is 29.3 Å². The number of nitrogens with one attached hydrogen (secondary N) is 2. The van der Waals surface area contributed by atoms with Crippen LogP contribution in [0, 0.1) is 0 Å². The van der Waals surface area contributed by atoms with E-state index in [1.54, 1.807) is 30.3 Å². The second kappa shape index (κ2) is 11.9. The average Bonchev–Trinajstić information content (AvgIpc) is 3.50. The van der Waals surface area contributed by atoms with Crippen LogP contribution < -0.4 is 15.4 Å². The van der Waals surface area contributed by atoms with Crippen molar-refractivity contribution in [1.29, 1.82) is 0 Å². The zero-order chi connectivity index (χ0) is 27.5. The summed E-state index contributed by atoms with van der Waals surface area (Å²) in [4.78, 5) is 53.4. The Bertz CT molecular complexity index is 1280. The van der Waals surface area contributed by atoms with Gasteiger partial charge in [0.05, 0.1) is 19.2 Å². The molecule has 2 saturated heterocycles. The molecule has 2 atom stereocenters. The molecule has 11 heteroatoms. The van der Waals surface area contributed by atoms with Crippen molar-refractivity contribution >= 4 is 46.8 Å². The van der Waals surface area contributed by atoms with Gasteiger partial charge in [-0.3, -0.25) is 29.4 Å². The lowest BCUT2D eigenvalue weighted by Gasteiger charge is -2.29. The number of ether oxygens (including phenoxy) is 1. The summed E-state index contributed by atoms with van der Waals surface area (Å²) < 4.78 is 6.07. The molecule has 0 bridgehead atoms. The molecule has 2 N–H and O–H groups in total. The maximum Gasteiger partial charge on any atom is 0.255 e. The number of piperidine rings is 1. The van der Waals surface area contributed by atoms with Gasteiger partial charge in [0.1, 0.15) is 11.8 Å². The van der Waals surface area contributed by atoms with Crippen LogP contribution in [-0.2, 0) is 27.5 Å². The number of hydrogen-bond acceptors (Lipinski definition) is 6. The van der Waals surface area contributed by atoms with E-state index in [0.717, 1.165) is 30.5 Å². The van der Waals surface area contributed by atoms with Gasteiger partial charge in [0.2, 0.25) is 17.7 Å². The number of likely N-dealkylation sites (tertiary alicyclic amines) is 1. The molecule has 0 saturated carbocycles. The van der Waals surface area contributed by atoms with Gasteiger partial charge in [-0.05, 0) is 68.1 Å². The van der Waals surface area contributed by atoms with Crippen molar-refractivity contribution in [2.45, 2.75) is 57.3 Å². The minimum Gasteiger partial charge on any atom is -0.493 e. The molecule has 2 unspecified atom stereocenters. The number of carbonyl (C=O) groups is 4. The van der Waals surface area contributed by atoms with E-state index in [0.29, 0.717) is 53.9 Å². The molecule has 3 aliphatic heterocycles. The van der Waals surface area contributed by atoms with E-state index in [4.69, 9.17) is 27.9 Å². The van der Waals surface area contributed by atoms with E-state index in [-0.39, 0.29) is 36.7 Å². The lowest BCUT2D eigenvalue weighted by molar-refractivity contribution is -0.137. The third kappa shape index (κ3) is 6.21. The van der Waals surface area contributed by atoms with Crippen molar-refractivity contribution in [3.8, 4) is 5.75 Å². The van der Waals surface area contributed by atoms with Crippen LogP contribution in [0.15, 0.2) is 36.4 Å². The minimum absolute atomic E-state index is 0.0163. The summed E-state index contributed by atoms with van der Waals surface area (Å²) in [6, 6.07) is 9.71. The summed E-state index contributed by atoms with van der Waals surface area (Å²) in [6.07, 6.45) is 2.99. The molecule has 0 aromatic heterocycles. The van der Waals surface area contributed by atoms with E-state index in [1.807, 2.05) is 6.07 Å². The number of imide groups is 1. The zero-order valence-electron chi connectivity index (χ0n) is 21.4. The molecule has 2 aromatic rings. The predicted molar refractivity (Wildman–Crippen MR) is 146 cm³/mol. The van der Waals surface area contributed by atoms with E-state index >= 15 is 0 Å². The van der Waals surface area contributed by atoms with Crippen LogP contribution in [0.5, 0.6) is 5.75 Å². The number of carbonyl (C=O) groups excluding carboxylic acids is 4. The first-order valence-electron chi connectivity index (χ1n) is 13.2. The molecule has 0 radical (unpaired) electrons. The molecule has 3 aliphatic rings. The average molecular weight is 573 g/mol. The van der Waals surface area contributed by atoms with Crippen LogP contribution in [0.3, 0.4) is 0 Å². The largest absolute Gasteiger partial charge is 0.493 e. The maximum atomic E-state index is 13.0. The molecule has 2 fully saturated rings. The van der Waals surface area contributed by atoms with Crippen LogP contribution >= 0.6 is 23.2 Å². The molecule has 39 heavy (non-hydrogen) atoms. The number of rotatable bonds is 9. The topological polar surface area (TPSA) is 108 Å². The minimum atomic E-state index is -0.662. The standard InChI is InChI=1S/C28H30Cl2N4O5/c29-18-12-17(13-19(30)14-18)15-31-26(36)22-5-2-9-33(22)10-3-11-39-24-6-1-4-20-21(24)16-34(28(20)38)23-7-8-25(35)32-27(23)37/h1,4,6,12-14,22-23H,2-3,5,7-11,15-16H2,(H,31,36)(H,32,35,37). The number of hydrogen-bond donors (Lipinski definition) is 2. The Kier molecular flexibility index (Phi) is 8.40. The van der Waals surface area contributed by atoms with E-state index in [1.165, 1.54) is 4.90 Å². The fourth-order valence-electron chi connectivity index (χ4n) is 5.55. The molecular formula is C28H30Cl2N4O5. The fourth-order valence-corrected chi connectivity index (χ4v) is 6.12. The highest BCUT2D eigenvalue weighted by Crippen LogP contribution is 2.33. The Labute approximate surface area is 236 Å². The van der Waals surface area contributed by atoms with Crippen molar-refractivity contribution in [1.82, 2.24) is 20.4 Å². The zero-order valence-corrected chi connectivity index (χ0v) is 22.9. The molecule has 9 nitrogen and oxygen atoms in total. The maximum absolute atomic E-state index is 13.0. The Morgan fingerprint density at radius 3 is 2.67 bits per heavy atom. The highest BCUT2D eigenvalue weighted by Gasteiger charge is 2.40. The van der Waals surface area contributed by atoms with Crippen molar-refractivity contribution in [3.63, 3.8) is 0 Å². The van der Waals surface area contributed by atoms with Crippen LogP contribution in [0.25, 0.3) is 0 Å². The third-order valence-corrected chi connectivity index (χ3v) is 7.88. The molecule has 206 valence electrons. The Hall–Kier alpha value is -3.14. The van der Waals surface area contributed by atoms with Crippen LogP contribution in [0.2, 0.25) is 10.0 Å². The first kappa shape index (κ1) is 27.4. The van der Waals surface area contributed by atoms with E-state index in [2.05, 4.69) is 15.5 Å². The van der Waals surface area contributed by atoms with E-state index < -0.39 is 11.9 Å². The number of benzene rings is 2. The van der Waals surface area contributed by atoms with Crippen molar-refractivity contribution < 1.29 is 23.9 Å². The molecular weight excluding hydrogens is 543 g/mol. The molecule has 0 spiro atoms. The van der Waals surface area contributed by atoms with Crippen molar-refractivity contribution in [3.05, 3.63) is 63.1 Å². The quantitative estimate of drug-likeness (QED) is 0.352. The lowest BCUT2D eigenvalue weighted by atomic mass is 10.0. The molecule has 5 rings (SSSR count). The summed E-state index contributed by atoms with van der Waals surface area (Å²) >= 11 is 12.1. The fraction of sp³-hybridized carbons (Fsp3) is 0.429. The van der Waals surface area contributed by atoms with Crippen LogP contribution in [0.1, 0.15) is 53.6 Å². The third-order valence-electron chi connectivity index (χ3n) is 7.44. The Morgan fingerprint density at radius 1 is 1.10 bits per heavy atom. The highest BCUT2D eigenvalue weighted by molar-refractivity contribution is 6.34. The summed E-state index contributed by atoms with van der Waals surface area (Å²) in [7, 11) is 0. The SMILES string of the molecule is O=C1CCC(N2Cc3c(OCCCN4CCCC4C(=O)NCc4cc(Cl)cc(Cl)c4)cccc3C2=O)C(=O)N1. The normalized spacial score (nSPS) is 21.2. The van der Waals surface area contributed by atoms with Crippen LogP contribution in [0.4, 0.5) is 0 Å². The smallest absolute Gasteiger partial charge is 0.255 e. The molecule has 2 aromatic carbocycles. The van der Waals surface area contributed by atoms with Gasteiger partial charge in [0.25, 0.3) is 5.91 Å². The Balaban J connectivity index is 1.12. The molecule has 3 heterocycles. The number of halogens is 2. The van der Waals surface area contributed by atoms with Gasteiger partial charge in [-0.15, -0.1) is 0 Å². The highest BCUT2D eigenvalue weighted by atomic mass is 35.5. The summed E-state index contributed by atoms with van der Waals surface area (Å²) in [5, 5.41) is 6.39. The monoisotopic (exact) mass is 572 g/mol. The molecule has 4 amide bonds. The van der Waals surface area contributed by atoms with E-state index in [9.17, 15) is 19.2 Å². The van der Waals surface area contributed by atoms with Gasteiger partial charge < -0.3 is 15.0 Å².